The molecule has 0 fully saturated rings. The minimum atomic E-state index is -0.0679. The van der Waals surface area contributed by atoms with Crippen molar-refractivity contribution < 1.29 is 9.90 Å². The molecule has 3 aromatic rings. The molecule has 3 rings (SSSR count). The first-order chi connectivity index (χ1) is 11.0. The molecule has 0 bridgehead atoms. The summed E-state index contributed by atoms with van der Waals surface area (Å²) in [6, 6.07) is 12.9. The fourth-order valence-corrected chi connectivity index (χ4v) is 2.96. The molecule has 4 heteroatoms. The van der Waals surface area contributed by atoms with Gasteiger partial charge in [-0.2, -0.15) is 0 Å². The van der Waals surface area contributed by atoms with E-state index in [4.69, 9.17) is 0 Å². The molecule has 116 valence electrons. The molecule has 0 saturated heterocycles. The summed E-state index contributed by atoms with van der Waals surface area (Å²) in [6.07, 6.45) is 3.38. The molecule has 0 radical (unpaired) electrons. The highest BCUT2D eigenvalue weighted by molar-refractivity contribution is 9.10. The van der Waals surface area contributed by atoms with Gasteiger partial charge in [-0.25, -0.2) is 0 Å². The third-order valence-corrected chi connectivity index (χ3v) is 4.55. The first-order valence-electron chi connectivity index (χ1n) is 7.23. The largest absolute Gasteiger partial charge is 0.508 e. The van der Waals surface area contributed by atoms with Gasteiger partial charge in [0.15, 0.2) is 5.78 Å². The number of aromatic hydroxyl groups is 1. The molecular weight excluding hydrogens is 354 g/mol. The number of halogens is 1. The van der Waals surface area contributed by atoms with E-state index >= 15 is 0 Å². The van der Waals surface area contributed by atoms with Crippen LogP contribution in [0.4, 0.5) is 0 Å². The first kappa shape index (κ1) is 15.6. The summed E-state index contributed by atoms with van der Waals surface area (Å²) in [6.45, 7) is 1.91. The molecule has 1 aromatic heterocycles. The molecule has 0 saturated carbocycles. The number of hydrogen-bond donors (Lipinski definition) is 1. The molecule has 1 N–H and O–H groups in total. The lowest BCUT2D eigenvalue weighted by atomic mass is 10.1. The van der Waals surface area contributed by atoms with E-state index in [0.29, 0.717) is 5.56 Å². The number of phenols is 1. The van der Waals surface area contributed by atoms with Gasteiger partial charge in [0.1, 0.15) is 5.75 Å². The van der Waals surface area contributed by atoms with Crippen LogP contribution in [0.3, 0.4) is 0 Å². The van der Waals surface area contributed by atoms with Crippen LogP contribution in [-0.4, -0.2) is 15.5 Å². The number of ketones is 1. The zero-order valence-corrected chi connectivity index (χ0v) is 14.5. The van der Waals surface area contributed by atoms with Crippen molar-refractivity contribution in [3.63, 3.8) is 0 Å². The molecule has 0 spiro atoms. The van der Waals surface area contributed by atoms with Gasteiger partial charge in [-0.05, 0) is 48.9 Å². The van der Waals surface area contributed by atoms with Crippen LogP contribution in [0.25, 0.3) is 17.0 Å². The van der Waals surface area contributed by atoms with Gasteiger partial charge in [-0.3, -0.25) is 4.79 Å². The lowest BCUT2D eigenvalue weighted by Gasteiger charge is -1.99. The minimum Gasteiger partial charge on any atom is -0.508 e. The van der Waals surface area contributed by atoms with E-state index in [1.807, 2.05) is 48.9 Å². The van der Waals surface area contributed by atoms with Crippen molar-refractivity contribution in [2.45, 2.75) is 6.92 Å². The fourth-order valence-electron chi connectivity index (χ4n) is 2.70. The van der Waals surface area contributed by atoms with Crippen molar-refractivity contribution in [3.8, 4) is 5.75 Å². The van der Waals surface area contributed by atoms with Crippen molar-refractivity contribution in [2.24, 2.45) is 7.05 Å². The molecule has 3 nitrogen and oxygen atoms in total. The van der Waals surface area contributed by atoms with E-state index in [-0.39, 0.29) is 11.5 Å². The second kappa shape index (κ2) is 6.05. The SMILES string of the molecule is Cc1c(C(=O)C=Cc2ccc(Br)cc2)c2cc(O)ccc2n1C. The maximum absolute atomic E-state index is 12.7. The second-order valence-electron chi connectivity index (χ2n) is 5.47. The summed E-state index contributed by atoms with van der Waals surface area (Å²) in [4.78, 5) is 12.7. The van der Waals surface area contributed by atoms with E-state index in [1.54, 1.807) is 24.3 Å². The third kappa shape index (κ3) is 2.94. The normalized spacial score (nSPS) is 11.4. The molecule has 0 unspecified atom stereocenters. The number of hydrogen-bond acceptors (Lipinski definition) is 2. The van der Waals surface area contributed by atoms with Crippen LogP contribution in [0.2, 0.25) is 0 Å². The molecule has 0 aliphatic heterocycles. The molecule has 0 amide bonds. The van der Waals surface area contributed by atoms with Crippen molar-refractivity contribution >= 4 is 38.7 Å². The van der Waals surface area contributed by atoms with E-state index in [1.165, 1.54) is 0 Å². The summed E-state index contributed by atoms with van der Waals surface area (Å²) in [5, 5.41) is 10.5. The number of benzene rings is 2. The Kier molecular flexibility index (Phi) is 4.09. The highest BCUT2D eigenvalue weighted by Crippen LogP contribution is 2.28. The van der Waals surface area contributed by atoms with Crippen molar-refractivity contribution in [2.75, 3.05) is 0 Å². The molecule has 23 heavy (non-hydrogen) atoms. The summed E-state index contributed by atoms with van der Waals surface area (Å²) in [5.74, 6) is 0.0932. The van der Waals surface area contributed by atoms with Gasteiger partial charge in [-0.1, -0.05) is 34.1 Å². The number of allylic oxidation sites excluding steroid dienone is 1. The highest BCUT2D eigenvalue weighted by Gasteiger charge is 2.17. The molecule has 0 atom stereocenters. The van der Waals surface area contributed by atoms with E-state index in [0.717, 1.165) is 26.6 Å². The number of nitrogens with zero attached hydrogens (tertiary/aromatic N) is 1. The standard InChI is InChI=1S/C19H16BrNO2/c1-12-19(16-11-15(22)8-9-17(16)21(12)2)18(23)10-5-13-3-6-14(20)7-4-13/h3-11,22H,1-2H3. The number of aromatic nitrogens is 1. The second-order valence-corrected chi connectivity index (χ2v) is 6.39. The van der Waals surface area contributed by atoms with Gasteiger partial charge < -0.3 is 9.67 Å². The van der Waals surface area contributed by atoms with Crippen LogP contribution in [0.1, 0.15) is 21.6 Å². The van der Waals surface area contributed by atoms with Gasteiger partial charge in [-0.15, -0.1) is 0 Å². The third-order valence-electron chi connectivity index (χ3n) is 4.02. The number of carbonyl (C=O) groups excluding carboxylic acids is 1. The lowest BCUT2D eigenvalue weighted by Crippen LogP contribution is -1.98. The summed E-state index contributed by atoms with van der Waals surface area (Å²) in [7, 11) is 1.92. The Morgan fingerprint density at radius 2 is 1.87 bits per heavy atom. The van der Waals surface area contributed by atoms with Gasteiger partial charge in [0.25, 0.3) is 0 Å². The van der Waals surface area contributed by atoms with Gasteiger partial charge in [0, 0.05) is 28.1 Å². The Hall–Kier alpha value is -2.33. The number of carbonyl (C=O) groups is 1. The van der Waals surface area contributed by atoms with Gasteiger partial charge >= 0.3 is 0 Å². The van der Waals surface area contributed by atoms with Crippen molar-refractivity contribution in [1.29, 1.82) is 0 Å². The van der Waals surface area contributed by atoms with Crippen LogP contribution in [0.15, 0.2) is 53.0 Å². The zero-order valence-electron chi connectivity index (χ0n) is 12.9. The minimum absolute atomic E-state index is 0.0679. The number of aryl methyl sites for hydroxylation is 1. The number of fused-ring (bicyclic) bond motifs is 1. The Morgan fingerprint density at radius 3 is 2.57 bits per heavy atom. The van der Waals surface area contributed by atoms with E-state index < -0.39 is 0 Å². The Bertz CT molecular complexity index is 921. The predicted octanol–water partition coefficient (Wildman–Crippen LogP) is 4.85. The average Bonchev–Trinajstić information content (AvgIpc) is 2.77. The molecule has 0 aliphatic rings. The fraction of sp³-hybridized carbons (Fsp3) is 0.105. The van der Waals surface area contributed by atoms with Gasteiger partial charge in [0.05, 0.1) is 5.56 Å². The lowest BCUT2D eigenvalue weighted by molar-refractivity contribution is 0.104. The maximum atomic E-state index is 12.7. The summed E-state index contributed by atoms with van der Waals surface area (Å²) >= 11 is 3.39. The summed E-state index contributed by atoms with van der Waals surface area (Å²) < 4.78 is 2.97. The van der Waals surface area contributed by atoms with Crippen LogP contribution >= 0.6 is 15.9 Å². The van der Waals surface area contributed by atoms with Crippen LogP contribution in [-0.2, 0) is 7.05 Å². The number of phenolic OH excluding ortho intramolecular Hbond substituents is 1. The smallest absolute Gasteiger partial charge is 0.188 e. The highest BCUT2D eigenvalue weighted by atomic mass is 79.9. The first-order valence-corrected chi connectivity index (χ1v) is 8.02. The molecule has 1 heterocycles. The number of rotatable bonds is 3. The Labute approximate surface area is 143 Å². The van der Waals surface area contributed by atoms with Gasteiger partial charge in [0.2, 0.25) is 0 Å². The van der Waals surface area contributed by atoms with Crippen LogP contribution in [0.5, 0.6) is 5.75 Å². The molecule has 0 aliphatic carbocycles. The Balaban J connectivity index is 2.02. The molecule has 2 aromatic carbocycles. The Morgan fingerprint density at radius 1 is 1.17 bits per heavy atom. The van der Waals surface area contributed by atoms with Crippen LogP contribution in [0, 0.1) is 6.92 Å². The monoisotopic (exact) mass is 369 g/mol. The van der Waals surface area contributed by atoms with Crippen LogP contribution < -0.4 is 0 Å². The molecular formula is C19H16BrNO2. The van der Waals surface area contributed by atoms with Crippen molar-refractivity contribution in [1.82, 2.24) is 4.57 Å². The van der Waals surface area contributed by atoms with Crippen molar-refractivity contribution in [3.05, 3.63) is 69.8 Å². The zero-order chi connectivity index (χ0) is 16.6. The average molecular weight is 370 g/mol. The summed E-state index contributed by atoms with van der Waals surface area (Å²) in [5.41, 5.74) is 3.41. The predicted molar refractivity (Wildman–Crippen MR) is 96.8 cm³/mol. The quantitative estimate of drug-likeness (QED) is 0.529. The van der Waals surface area contributed by atoms with E-state index in [9.17, 15) is 9.90 Å². The van der Waals surface area contributed by atoms with E-state index in [2.05, 4.69) is 15.9 Å². The topological polar surface area (TPSA) is 42.2 Å². The maximum Gasteiger partial charge on any atom is 0.188 e.